The van der Waals surface area contributed by atoms with E-state index in [1.165, 1.54) is 0 Å². The van der Waals surface area contributed by atoms with Crippen LogP contribution in [0.1, 0.15) is 26.7 Å². The molecule has 0 rings (SSSR count). The van der Waals surface area contributed by atoms with Crippen molar-refractivity contribution in [2.75, 3.05) is 6.54 Å². The van der Waals surface area contributed by atoms with Gasteiger partial charge in [0.1, 0.15) is 0 Å². The third kappa shape index (κ3) is 3.57. The molecule has 0 bridgehead atoms. The molecule has 6 nitrogen and oxygen atoms in total. The first-order chi connectivity index (χ1) is 6.95. The smallest absolute Gasteiger partial charge is 0.338 e. The van der Waals surface area contributed by atoms with Crippen molar-refractivity contribution in [3.8, 4) is 0 Å². The van der Waals surface area contributed by atoms with Crippen LogP contribution in [0.4, 0.5) is 0 Å². The van der Waals surface area contributed by atoms with E-state index < -0.39 is 23.9 Å². The van der Waals surface area contributed by atoms with Gasteiger partial charge in [0.15, 0.2) is 0 Å². The summed E-state index contributed by atoms with van der Waals surface area (Å²) in [6.07, 6.45) is 0.714. The molecule has 0 unspecified atom stereocenters. The number of nitrogens with zero attached hydrogens (tertiary/aromatic N) is 1. The Morgan fingerprint density at radius 1 is 1.13 bits per heavy atom. The Kier molecular flexibility index (Phi) is 5.36. The Morgan fingerprint density at radius 2 is 1.60 bits per heavy atom. The number of rotatable bonds is 6. The van der Waals surface area contributed by atoms with Gasteiger partial charge in [0, 0.05) is 13.0 Å². The van der Waals surface area contributed by atoms with Gasteiger partial charge in [-0.25, -0.2) is 9.59 Å². The molecule has 0 radical (unpaired) electrons. The summed E-state index contributed by atoms with van der Waals surface area (Å²) in [5.41, 5.74) is 0. The molecule has 0 aliphatic rings. The first-order valence-corrected chi connectivity index (χ1v) is 4.70. The van der Waals surface area contributed by atoms with Crippen molar-refractivity contribution in [1.82, 2.24) is 4.90 Å². The Morgan fingerprint density at radius 3 is 1.87 bits per heavy atom. The molecule has 0 aliphatic heterocycles. The number of hydrogen-bond donors (Lipinski definition) is 2. The molecule has 0 fully saturated rings. The summed E-state index contributed by atoms with van der Waals surface area (Å²) in [4.78, 5) is 33.6. The van der Waals surface area contributed by atoms with Crippen molar-refractivity contribution < 1.29 is 24.6 Å². The van der Waals surface area contributed by atoms with Gasteiger partial charge in [-0.05, 0) is 13.3 Å². The zero-order valence-electron chi connectivity index (χ0n) is 8.77. The summed E-state index contributed by atoms with van der Waals surface area (Å²) in [6, 6.07) is -1.78. The van der Waals surface area contributed by atoms with Crippen LogP contribution in [0, 0.1) is 0 Å². The van der Waals surface area contributed by atoms with Crippen LogP contribution in [0.25, 0.3) is 0 Å². The van der Waals surface area contributed by atoms with Gasteiger partial charge < -0.3 is 15.1 Å². The van der Waals surface area contributed by atoms with Crippen molar-refractivity contribution in [2.45, 2.75) is 32.7 Å². The number of carbonyl (C=O) groups is 3. The van der Waals surface area contributed by atoms with E-state index in [1.807, 2.05) is 0 Å². The molecule has 0 saturated heterocycles. The lowest BCUT2D eigenvalue weighted by Crippen LogP contribution is -2.49. The average molecular weight is 217 g/mol. The minimum atomic E-state index is -1.78. The van der Waals surface area contributed by atoms with Crippen LogP contribution in [0.5, 0.6) is 0 Å². The summed E-state index contributed by atoms with van der Waals surface area (Å²) < 4.78 is 0. The van der Waals surface area contributed by atoms with Crippen molar-refractivity contribution in [2.24, 2.45) is 0 Å². The molecule has 0 aliphatic carbocycles. The Hall–Kier alpha value is -1.59. The highest BCUT2D eigenvalue weighted by Crippen LogP contribution is 2.05. The lowest BCUT2D eigenvalue weighted by atomic mass is 10.2. The molecule has 1 amide bonds. The fraction of sp³-hybridized carbons (Fsp3) is 0.667. The van der Waals surface area contributed by atoms with Gasteiger partial charge in [-0.1, -0.05) is 6.92 Å². The number of hydrogen-bond acceptors (Lipinski definition) is 3. The van der Waals surface area contributed by atoms with E-state index in [4.69, 9.17) is 10.2 Å². The van der Waals surface area contributed by atoms with E-state index in [0.29, 0.717) is 6.42 Å². The summed E-state index contributed by atoms with van der Waals surface area (Å²) in [6.45, 7) is 3.39. The lowest BCUT2D eigenvalue weighted by molar-refractivity contribution is -0.161. The average Bonchev–Trinajstić information content (AvgIpc) is 2.12. The predicted molar refractivity (Wildman–Crippen MR) is 51.4 cm³/mol. The van der Waals surface area contributed by atoms with Gasteiger partial charge in [0.2, 0.25) is 11.9 Å². The highest BCUT2D eigenvalue weighted by Gasteiger charge is 2.34. The van der Waals surface area contributed by atoms with E-state index in [2.05, 4.69) is 0 Å². The molecule has 0 aromatic heterocycles. The molecule has 0 atom stereocenters. The standard InChI is InChI=1S/C9H15NO5/c1-3-5-6(11)10(4-2)7(8(12)13)9(14)15/h7H,3-5H2,1-2H3,(H,12,13)(H,14,15). The van der Waals surface area contributed by atoms with Gasteiger partial charge in [0.05, 0.1) is 0 Å². The van der Waals surface area contributed by atoms with Crippen LogP contribution in [-0.4, -0.2) is 45.5 Å². The van der Waals surface area contributed by atoms with Crippen LogP contribution in [0.15, 0.2) is 0 Å². The van der Waals surface area contributed by atoms with Gasteiger partial charge >= 0.3 is 11.9 Å². The Labute approximate surface area is 87.5 Å². The molecule has 0 spiro atoms. The third-order valence-electron chi connectivity index (χ3n) is 1.90. The van der Waals surface area contributed by atoms with E-state index >= 15 is 0 Å². The van der Waals surface area contributed by atoms with E-state index in [1.54, 1.807) is 13.8 Å². The quantitative estimate of drug-likeness (QED) is 0.618. The summed E-state index contributed by atoms with van der Waals surface area (Å²) in [7, 11) is 0. The number of amides is 1. The third-order valence-corrected chi connectivity index (χ3v) is 1.90. The van der Waals surface area contributed by atoms with E-state index in [0.717, 1.165) is 4.90 Å². The maximum absolute atomic E-state index is 11.4. The number of carboxylic acid groups (broad SMARTS) is 2. The minimum absolute atomic E-state index is 0.0715. The number of aliphatic carboxylic acids is 2. The van der Waals surface area contributed by atoms with Crippen LogP contribution in [0.2, 0.25) is 0 Å². The SMILES string of the molecule is CCCC(=O)N(CC)C(C(=O)O)C(=O)O. The molecule has 0 aromatic rings. The molecule has 0 heterocycles. The highest BCUT2D eigenvalue weighted by atomic mass is 16.4. The summed E-state index contributed by atoms with van der Waals surface area (Å²) in [5, 5.41) is 17.4. The molecular formula is C9H15NO5. The first-order valence-electron chi connectivity index (χ1n) is 4.70. The van der Waals surface area contributed by atoms with E-state index in [-0.39, 0.29) is 13.0 Å². The lowest BCUT2D eigenvalue weighted by Gasteiger charge is -2.24. The van der Waals surface area contributed by atoms with Crippen LogP contribution < -0.4 is 0 Å². The number of likely N-dealkylation sites (N-methyl/N-ethyl adjacent to an activating group) is 1. The first kappa shape index (κ1) is 13.4. The predicted octanol–water partition coefficient (Wildman–Crippen LogP) is 0.173. The van der Waals surface area contributed by atoms with Gasteiger partial charge in [-0.3, -0.25) is 4.79 Å². The summed E-state index contributed by atoms with van der Waals surface area (Å²) >= 11 is 0. The van der Waals surface area contributed by atoms with Gasteiger partial charge in [-0.15, -0.1) is 0 Å². The van der Waals surface area contributed by atoms with Crippen LogP contribution in [-0.2, 0) is 14.4 Å². The van der Waals surface area contributed by atoms with Gasteiger partial charge in [0.25, 0.3) is 0 Å². The van der Waals surface area contributed by atoms with Crippen molar-refractivity contribution in [3.05, 3.63) is 0 Å². The molecule has 0 aromatic carbocycles. The van der Waals surface area contributed by atoms with Crippen molar-refractivity contribution in [3.63, 3.8) is 0 Å². The number of carboxylic acids is 2. The molecule has 0 saturated carbocycles. The second-order valence-corrected chi connectivity index (χ2v) is 3.01. The Bertz CT molecular complexity index is 249. The molecule has 6 heteroatoms. The van der Waals surface area contributed by atoms with Gasteiger partial charge in [-0.2, -0.15) is 0 Å². The van der Waals surface area contributed by atoms with Crippen LogP contribution in [0.3, 0.4) is 0 Å². The minimum Gasteiger partial charge on any atom is -0.479 e. The number of carbonyl (C=O) groups excluding carboxylic acids is 1. The second-order valence-electron chi connectivity index (χ2n) is 3.01. The largest absolute Gasteiger partial charge is 0.479 e. The molecule has 86 valence electrons. The summed E-state index contributed by atoms with van der Waals surface area (Å²) in [5.74, 6) is -3.49. The molecule has 2 N–H and O–H groups in total. The highest BCUT2D eigenvalue weighted by molar-refractivity contribution is 6.00. The monoisotopic (exact) mass is 217 g/mol. The van der Waals surface area contributed by atoms with Crippen molar-refractivity contribution >= 4 is 17.8 Å². The maximum atomic E-state index is 11.4. The normalized spacial score (nSPS) is 10.1. The van der Waals surface area contributed by atoms with Crippen molar-refractivity contribution in [1.29, 1.82) is 0 Å². The zero-order valence-corrected chi connectivity index (χ0v) is 8.77. The van der Waals surface area contributed by atoms with Crippen LogP contribution >= 0.6 is 0 Å². The van der Waals surface area contributed by atoms with E-state index in [9.17, 15) is 14.4 Å². The maximum Gasteiger partial charge on any atom is 0.338 e. The fourth-order valence-corrected chi connectivity index (χ4v) is 1.23. The zero-order chi connectivity index (χ0) is 12.0. The second kappa shape index (κ2) is 6.00. The fourth-order valence-electron chi connectivity index (χ4n) is 1.23. The topological polar surface area (TPSA) is 94.9 Å². The Balaban J connectivity index is 4.82. The molecular weight excluding hydrogens is 202 g/mol. The molecule has 15 heavy (non-hydrogen) atoms.